The van der Waals surface area contributed by atoms with Gasteiger partial charge in [0.15, 0.2) is 23.0 Å². The van der Waals surface area contributed by atoms with Gasteiger partial charge >= 0.3 is 5.97 Å². The van der Waals surface area contributed by atoms with Crippen LogP contribution in [0.2, 0.25) is 0 Å². The Labute approximate surface area is 236 Å². The molecule has 4 aromatic rings. The van der Waals surface area contributed by atoms with Gasteiger partial charge in [-0.05, 0) is 61.9 Å². The molecule has 4 N–H and O–H groups in total. The van der Waals surface area contributed by atoms with Gasteiger partial charge in [-0.2, -0.15) is 0 Å². The number of carbonyl (C=O) groups is 2. The Morgan fingerprint density at radius 1 is 1.22 bits per heavy atom. The van der Waals surface area contributed by atoms with Crippen molar-refractivity contribution in [1.29, 1.82) is 0 Å². The maximum absolute atomic E-state index is 14.3. The SMILES string of the molecule is COc1ccc(-c2cnc3c(Nc4ccc(C(=O)NCCCN5CCNC(C(=O)O)C5)c(C)c4)nccn23)cc1F. The average Bonchev–Trinajstić information content (AvgIpc) is 3.41. The van der Waals surface area contributed by atoms with Gasteiger partial charge in [-0.3, -0.25) is 18.9 Å². The number of imidazole rings is 1. The number of hydrogen-bond acceptors (Lipinski definition) is 8. The summed E-state index contributed by atoms with van der Waals surface area (Å²) >= 11 is 0. The molecule has 11 nitrogen and oxygen atoms in total. The number of rotatable bonds is 10. The van der Waals surface area contributed by atoms with E-state index in [-0.39, 0.29) is 11.7 Å². The third-order valence-corrected chi connectivity index (χ3v) is 7.10. The molecule has 0 aliphatic carbocycles. The van der Waals surface area contributed by atoms with Crippen LogP contribution in [0.3, 0.4) is 0 Å². The smallest absolute Gasteiger partial charge is 0.322 e. The lowest BCUT2D eigenvalue weighted by Crippen LogP contribution is -2.54. The van der Waals surface area contributed by atoms with Gasteiger partial charge in [0.05, 0.1) is 19.0 Å². The molecular weight excluding hydrogens is 529 g/mol. The maximum Gasteiger partial charge on any atom is 0.322 e. The number of carboxylic acid groups (broad SMARTS) is 1. The van der Waals surface area contributed by atoms with E-state index in [2.05, 4.69) is 30.8 Å². The molecule has 1 saturated heterocycles. The molecule has 3 heterocycles. The summed E-state index contributed by atoms with van der Waals surface area (Å²) < 4.78 is 21.2. The van der Waals surface area contributed by atoms with E-state index >= 15 is 0 Å². The highest BCUT2D eigenvalue weighted by Crippen LogP contribution is 2.28. The standard InChI is InChI=1S/C29H32FN7O4/c1-18-14-20(5-6-21(18)28(38)33-8-3-11-36-12-9-31-23(17-36)29(39)40)35-26-27-34-16-24(37(27)13-10-32-26)19-4-7-25(41-2)22(30)15-19/h4-7,10,13-16,23,31H,3,8-9,11-12,17H2,1-2H3,(H,32,35)(H,33,38)(H,39,40). The Hall–Kier alpha value is -4.55. The number of aliphatic carboxylic acids is 1. The number of halogens is 1. The first-order valence-electron chi connectivity index (χ1n) is 13.3. The Morgan fingerprint density at radius 3 is 2.83 bits per heavy atom. The van der Waals surface area contributed by atoms with Gasteiger partial charge in [0.1, 0.15) is 6.04 Å². The number of hydrogen-bond donors (Lipinski definition) is 4. The zero-order valence-corrected chi connectivity index (χ0v) is 22.9. The molecule has 1 aliphatic rings. The number of carboxylic acids is 1. The van der Waals surface area contributed by atoms with Crippen LogP contribution in [0, 0.1) is 12.7 Å². The number of carbonyl (C=O) groups excluding carboxylic acids is 1. The van der Waals surface area contributed by atoms with Crippen LogP contribution in [-0.2, 0) is 4.79 Å². The minimum absolute atomic E-state index is 0.164. The Morgan fingerprint density at radius 2 is 2.07 bits per heavy atom. The molecule has 41 heavy (non-hydrogen) atoms. The number of methoxy groups -OCH3 is 1. The van der Waals surface area contributed by atoms with Gasteiger partial charge in [-0.25, -0.2) is 14.4 Å². The van der Waals surface area contributed by atoms with Crippen LogP contribution in [0.15, 0.2) is 55.0 Å². The molecule has 12 heteroatoms. The first-order chi connectivity index (χ1) is 19.8. The van der Waals surface area contributed by atoms with Gasteiger partial charge in [-0.1, -0.05) is 0 Å². The molecule has 0 bridgehead atoms. The summed E-state index contributed by atoms with van der Waals surface area (Å²) in [4.78, 5) is 35.0. The van der Waals surface area contributed by atoms with Crippen LogP contribution in [-0.4, -0.2) is 82.1 Å². The molecule has 2 aromatic heterocycles. The zero-order valence-electron chi connectivity index (χ0n) is 22.9. The van der Waals surface area contributed by atoms with Crippen molar-refractivity contribution >= 4 is 29.0 Å². The van der Waals surface area contributed by atoms with Crippen molar-refractivity contribution in [1.82, 2.24) is 29.9 Å². The topological polar surface area (TPSA) is 133 Å². The monoisotopic (exact) mass is 561 g/mol. The largest absolute Gasteiger partial charge is 0.494 e. The molecule has 0 radical (unpaired) electrons. The van der Waals surface area contributed by atoms with Crippen molar-refractivity contribution in [3.05, 3.63) is 71.9 Å². The highest BCUT2D eigenvalue weighted by Gasteiger charge is 2.24. The van der Waals surface area contributed by atoms with E-state index in [1.54, 1.807) is 36.8 Å². The fourth-order valence-electron chi connectivity index (χ4n) is 4.96. The summed E-state index contributed by atoms with van der Waals surface area (Å²) in [5, 5.41) is 18.4. The molecular formula is C29H32FN7O4. The summed E-state index contributed by atoms with van der Waals surface area (Å²) in [5.74, 6) is -0.779. The van der Waals surface area contributed by atoms with Crippen molar-refractivity contribution < 1.29 is 23.8 Å². The zero-order chi connectivity index (χ0) is 28.9. The predicted molar refractivity (Wildman–Crippen MR) is 152 cm³/mol. The first kappa shape index (κ1) is 28.0. The van der Waals surface area contributed by atoms with Crippen molar-refractivity contribution in [2.24, 2.45) is 0 Å². The van der Waals surface area contributed by atoms with Crippen LogP contribution in [0.1, 0.15) is 22.3 Å². The average molecular weight is 562 g/mol. The molecule has 1 fully saturated rings. The fourth-order valence-corrected chi connectivity index (χ4v) is 4.96. The molecule has 1 unspecified atom stereocenters. The molecule has 5 rings (SSSR count). The Kier molecular flexibility index (Phi) is 8.41. The Balaban J connectivity index is 1.21. The first-order valence-corrected chi connectivity index (χ1v) is 13.3. The van der Waals surface area contributed by atoms with Gasteiger partial charge in [0, 0.05) is 55.4 Å². The number of nitrogens with zero attached hydrogens (tertiary/aromatic N) is 4. The molecule has 1 amide bonds. The van der Waals surface area contributed by atoms with E-state index in [1.807, 2.05) is 23.5 Å². The number of nitrogens with one attached hydrogen (secondary N) is 3. The summed E-state index contributed by atoms with van der Waals surface area (Å²) in [7, 11) is 1.42. The van der Waals surface area contributed by atoms with Gasteiger partial charge < -0.3 is 25.8 Å². The number of amides is 1. The Bertz CT molecular complexity index is 1570. The van der Waals surface area contributed by atoms with E-state index in [4.69, 9.17) is 4.74 Å². The van der Waals surface area contributed by atoms with Gasteiger partial charge in [0.25, 0.3) is 5.91 Å². The number of aromatic nitrogens is 3. The fraction of sp³-hybridized carbons (Fsp3) is 0.310. The molecule has 0 spiro atoms. The minimum Gasteiger partial charge on any atom is -0.494 e. The van der Waals surface area contributed by atoms with E-state index in [1.165, 1.54) is 13.2 Å². The summed E-state index contributed by atoms with van der Waals surface area (Å²) in [6.45, 7) is 4.96. The number of benzene rings is 2. The highest BCUT2D eigenvalue weighted by atomic mass is 19.1. The number of ether oxygens (including phenoxy) is 1. The minimum atomic E-state index is -0.844. The number of fused-ring (bicyclic) bond motifs is 1. The second kappa shape index (κ2) is 12.3. The van der Waals surface area contributed by atoms with Crippen LogP contribution < -0.4 is 20.7 Å². The third kappa shape index (κ3) is 6.28. The molecule has 1 aliphatic heterocycles. The van der Waals surface area contributed by atoms with Crippen molar-refractivity contribution in [3.63, 3.8) is 0 Å². The van der Waals surface area contributed by atoms with Crippen LogP contribution >= 0.6 is 0 Å². The lowest BCUT2D eigenvalue weighted by atomic mass is 10.1. The highest BCUT2D eigenvalue weighted by molar-refractivity contribution is 5.96. The predicted octanol–water partition coefficient (Wildman–Crippen LogP) is 3.07. The molecule has 1 atom stereocenters. The summed E-state index contributed by atoms with van der Waals surface area (Å²) in [6.07, 6.45) is 5.78. The molecule has 2 aromatic carbocycles. The van der Waals surface area contributed by atoms with E-state index < -0.39 is 17.8 Å². The van der Waals surface area contributed by atoms with E-state index in [0.29, 0.717) is 47.9 Å². The summed E-state index contributed by atoms with van der Waals surface area (Å²) in [6, 6.07) is 9.64. The maximum atomic E-state index is 14.3. The normalized spacial score (nSPS) is 15.5. The molecule has 0 saturated carbocycles. The van der Waals surface area contributed by atoms with Crippen molar-refractivity contribution in [2.45, 2.75) is 19.4 Å². The number of anilines is 2. The number of piperazine rings is 1. The van der Waals surface area contributed by atoms with Gasteiger partial charge in [-0.15, -0.1) is 0 Å². The molecule has 214 valence electrons. The quantitative estimate of drug-likeness (QED) is 0.216. The van der Waals surface area contributed by atoms with Crippen LogP contribution in [0.25, 0.3) is 16.9 Å². The van der Waals surface area contributed by atoms with Crippen molar-refractivity contribution in [3.8, 4) is 17.0 Å². The second-order valence-corrected chi connectivity index (χ2v) is 9.87. The van der Waals surface area contributed by atoms with Gasteiger partial charge in [0.2, 0.25) is 0 Å². The van der Waals surface area contributed by atoms with Crippen molar-refractivity contribution in [2.75, 3.05) is 45.2 Å². The van der Waals surface area contributed by atoms with E-state index in [0.717, 1.165) is 30.8 Å². The summed E-state index contributed by atoms with van der Waals surface area (Å²) in [5.41, 5.74) is 4.03. The second-order valence-electron chi connectivity index (χ2n) is 9.87. The third-order valence-electron chi connectivity index (χ3n) is 7.10. The number of aryl methyl sites for hydroxylation is 1. The lowest BCUT2D eigenvalue weighted by Gasteiger charge is -2.31. The van der Waals surface area contributed by atoms with E-state index in [9.17, 15) is 19.1 Å². The van der Waals surface area contributed by atoms with Crippen LogP contribution in [0.4, 0.5) is 15.9 Å². The lowest BCUT2D eigenvalue weighted by molar-refractivity contribution is -0.140. The van der Waals surface area contributed by atoms with Crippen LogP contribution in [0.5, 0.6) is 5.75 Å².